The highest BCUT2D eigenvalue weighted by Crippen LogP contribution is 2.36. The van der Waals surface area contributed by atoms with E-state index < -0.39 is 0 Å². The Morgan fingerprint density at radius 1 is 1.29 bits per heavy atom. The average Bonchev–Trinajstić information content (AvgIpc) is 3.50. The molecular formula is C22H25N5O3S. The van der Waals surface area contributed by atoms with Crippen LogP contribution < -0.4 is 14.8 Å². The lowest BCUT2D eigenvalue weighted by molar-refractivity contribution is 0.0787. The van der Waals surface area contributed by atoms with E-state index in [1.807, 2.05) is 30.0 Å². The van der Waals surface area contributed by atoms with Crippen LogP contribution in [-0.4, -0.2) is 65.7 Å². The second-order valence-electron chi connectivity index (χ2n) is 8.16. The first-order valence-electron chi connectivity index (χ1n) is 10.3. The van der Waals surface area contributed by atoms with Crippen molar-refractivity contribution in [1.82, 2.24) is 19.8 Å². The molecule has 2 aliphatic heterocycles. The first-order valence-corrected chi connectivity index (χ1v) is 11.1. The van der Waals surface area contributed by atoms with Crippen LogP contribution in [0.15, 0.2) is 24.5 Å². The first-order chi connectivity index (χ1) is 15.0. The van der Waals surface area contributed by atoms with Gasteiger partial charge in [0.1, 0.15) is 17.0 Å². The zero-order valence-corrected chi connectivity index (χ0v) is 18.7. The van der Waals surface area contributed by atoms with Crippen LogP contribution in [0.25, 0.3) is 10.2 Å². The number of fused-ring (bicyclic) bond motifs is 2. The van der Waals surface area contributed by atoms with Crippen molar-refractivity contribution in [3.05, 3.63) is 40.5 Å². The Labute approximate surface area is 184 Å². The highest BCUT2D eigenvalue weighted by Gasteiger charge is 2.30. The quantitative estimate of drug-likeness (QED) is 0.654. The second kappa shape index (κ2) is 7.97. The number of carbonyl (C=O) groups is 1. The molecule has 1 fully saturated rings. The summed E-state index contributed by atoms with van der Waals surface area (Å²) in [5, 5.41) is 4.32. The number of hydrogen-bond acceptors (Lipinski definition) is 8. The minimum absolute atomic E-state index is 0.0894. The number of hydrogen-bond donors (Lipinski definition) is 1. The number of nitrogens with one attached hydrogen (secondary N) is 1. The fourth-order valence-electron chi connectivity index (χ4n) is 4.14. The molecule has 162 valence electrons. The summed E-state index contributed by atoms with van der Waals surface area (Å²) in [5.74, 6) is 2.35. The molecule has 5 rings (SSSR count). The van der Waals surface area contributed by atoms with E-state index in [4.69, 9.17) is 9.47 Å². The third kappa shape index (κ3) is 3.68. The number of nitrogens with zero attached hydrogens (tertiary/aromatic N) is 4. The predicted octanol–water partition coefficient (Wildman–Crippen LogP) is 3.12. The predicted molar refractivity (Wildman–Crippen MR) is 120 cm³/mol. The van der Waals surface area contributed by atoms with Crippen LogP contribution in [0.1, 0.15) is 27.2 Å². The molecule has 1 aromatic carbocycles. The maximum atomic E-state index is 13.2. The van der Waals surface area contributed by atoms with Crippen LogP contribution in [-0.2, 0) is 6.54 Å². The number of aryl methyl sites for hydroxylation is 1. The fourth-order valence-corrected chi connectivity index (χ4v) is 5.25. The lowest BCUT2D eigenvalue weighted by atomic mass is 10.1. The summed E-state index contributed by atoms with van der Waals surface area (Å²) in [7, 11) is 4.13. The third-order valence-electron chi connectivity index (χ3n) is 6.00. The van der Waals surface area contributed by atoms with Crippen molar-refractivity contribution < 1.29 is 14.3 Å². The minimum atomic E-state index is 0.0894. The summed E-state index contributed by atoms with van der Waals surface area (Å²) in [6.07, 6.45) is 2.55. The van der Waals surface area contributed by atoms with Gasteiger partial charge in [-0.15, -0.1) is 11.3 Å². The summed E-state index contributed by atoms with van der Waals surface area (Å²) in [6, 6.07) is 6.30. The van der Waals surface area contributed by atoms with E-state index >= 15 is 0 Å². The number of likely N-dealkylation sites (N-methyl/N-ethyl adjacent to an activating group) is 1. The average molecular weight is 440 g/mol. The van der Waals surface area contributed by atoms with Crippen LogP contribution in [0, 0.1) is 6.92 Å². The van der Waals surface area contributed by atoms with Gasteiger partial charge in [-0.3, -0.25) is 4.79 Å². The van der Waals surface area contributed by atoms with E-state index in [1.54, 1.807) is 6.33 Å². The number of anilines is 1. The van der Waals surface area contributed by atoms with Crippen molar-refractivity contribution in [3.8, 4) is 11.5 Å². The third-order valence-corrected chi connectivity index (χ3v) is 7.19. The van der Waals surface area contributed by atoms with Crippen molar-refractivity contribution >= 4 is 33.3 Å². The maximum Gasteiger partial charge on any atom is 0.264 e. The Balaban J connectivity index is 1.38. The number of carbonyl (C=O) groups excluding carboxylic acids is 1. The molecule has 9 heteroatoms. The summed E-state index contributed by atoms with van der Waals surface area (Å²) >= 11 is 1.45. The van der Waals surface area contributed by atoms with Gasteiger partial charge in [0.25, 0.3) is 5.91 Å². The molecule has 4 heterocycles. The molecule has 1 saturated heterocycles. The highest BCUT2D eigenvalue weighted by atomic mass is 32.1. The van der Waals surface area contributed by atoms with Gasteiger partial charge in [0.15, 0.2) is 11.5 Å². The topological polar surface area (TPSA) is 79.8 Å². The van der Waals surface area contributed by atoms with Crippen LogP contribution >= 0.6 is 11.3 Å². The SMILES string of the molecule is Cc1c(C(=O)N2CC[C@H](N(C)C)C2)sc2ncnc(NCc3ccc4c(c3)OCO4)c12. The molecule has 1 amide bonds. The summed E-state index contributed by atoms with van der Waals surface area (Å²) in [4.78, 5) is 27.8. The van der Waals surface area contributed by atoms with Crippen LogP contribution in [0.4, 0.5) is 5.82 Å². The molecule has 2 aliphatic rings. The number of amides is 1. The molecule has 0 unspecified atom stereocenters. The molecule has 0 aliphatic carbocycles. The van der Waals surface area contributed by atoms with Gasteiger partial charge in [-0.05, 0) is 50.7 Å². The van der Waals surface area contributed by atoms with Gasteiger partial charge in [0.05, 0.1) is 10.3 Å². The Hall–Kier alpha value is -2.91. The molecule has 8 nitrogen and oxygen atoms in total. The zero-order valence-electron chi connectivity index (χ0n) is 17.8. The molecule has 31 heavy (non-hydrogen) atoms. The number of aromatic nitrogens is 2. The maximum absolute atomic E-state index is 13.2. The highest BCUT2D eigenvalue weighted by molar-refractivity contribution is 7.20. The van der Waals surface area contributed by atoms with Gasteiger partial charge in [0, 0.05) is 25.7 Å². The summed E-state index contributed by atoms with van der Waals surface area (Å²) in [6.45, 7) is 4.38. The van der Waals surface area contributed by atoms with E-state index in [-0.39, 0.29) is 12.7 Å². The van der Waals surface area contributed by atoms with Gasteiger partial charge in [-0.1, -0.05) is 6.07 Å². The number of rotatable bonds is 5. The summed E-state index contributed by atoms with van der Waals surface area (Å²) < 4.78 is 10.8. The molecular weight excluding hydrogens is 414 g/mol. The lowest BCUT2D eigenvalue weighted by Gasteiger charge is -2.20. The van der Waals surface area contributed by atoms with Crippen molar-refractivity contribution in [1.29, 1.82) is 0 Å². The van der Waals surface area contributed by atoms with Gasteiger partial charge in [0.2, 0.25) is 6.79 Å². The van der Waals surface area contributed by atoms with E-state index in [0.717, 1.165) is 63.0 Å². The number of likely N-dealkylation sites (tertiary alicyclic amines) is 1. The van der Waals surface area contributed by atoms with Crippen LogP contribution in [0.3, 0.4) is 0 Å². The van der Waals surface area contributed by atoms with Crippen LogP contribution in [0.5, 0.6) is 11.5 Å². The minimum Gasteiger partial charge on any atom is -0.454 e. The van der Waals surface area contributed by atoms with E-state index in [1.165, 1.54) is 11.3 Å². The van der Waals surface area contributed by atoms with Crippen molar-refractivity contribution in [2.24, 2.45) is 0 Å². The first kappa shape index (κ1) is 20.0. The van der Waals surface area contributed by atoms with Crippen molar-refractivity contribution in [2.45, 2.75) is 25.9 Å². The van der Waals surface area contributed by atoms with Crippen molar-refractivity contribution in [3.63, 3.8) is 0 Å². The van der Waals surface area contributed by atoms with Gasteiger partial charge in [-0.2, -0.15) is 0 Å². The monoisotopic (exact) mass is 439 g/mol. The van der Waals surface area contributed by atoms with Gasteiger partial charge >= 0.3 is 0 Å². The largest absolute Gasteiger partial charge is 0.454 e. The number of benzene rings is 1. The van der Waals surface area contributed by atoms with Crippen LogP contribution in [0.2, 0.25) is 0 Å². The fraction of sp³-hybridized carbons (Fsp3) is 0.409. The summed E-state index contributed by atoms with van der Waals surface area (Å²) in [5.41, 5.74) is 2.00. The zero-order chi connectivity index (χ0) is 21.5. The van der Waals surface area contributed by atoms with Gasteiger partial charge < -0.3 is 24.6 Å². The van der Waals surface area contributed by atoms with Crippen molar-refractivity contribution in [2.75, 3.05) is 39.3 Å². The molecule has 0 spiro atoms. The molecule has 0 radical (unpaired) electrons. The Morgan fingerprint density at radius 3 is 2.94 bits per heavy atom. The molecule has 2 aromatic heterocycles. The Kier molecular flexibility index (Phi) is 5.15. The molecule has 3 aromatic rings. The Morgan fingerprint density at radius 2 is 2.13 bits per heavy atom. The van der Waals surface area contributed by atoms with E-state index in [9.17, 15) is 4.79 Å². The standard InChI is InChI=1S/C22H25N5O3S/c1-13-18-20(23-9-14-4-5-16-17(8-14)30-12-29-16)24-11-25-21(18)31-19(13)22(28)27-7-6-15(10-27)26(2)3/h4-5,8,11,15H,6-7,9-10,12H2,1-3H3,(H,23,24,25)/t15-/m0/s1. The molecule has 0 saturated carbocycles. The number of ether oxygens (including phenoxy) is 2. The van der Waals surface area contributed by atoms with E-state index in [2.05, 4.69) is 34.3 Å². The number of thiophene rings is 1. The smallest absolute Gasteiger partial charge is 0.264 e. The normalized spacial score (nSPS) is 17.7. The van der Waals surface area contributed by atoms with Gasteiger partial charge in [-0.25, -0.2) is 9.97 Å². The Bertz CT molecular complexity index is 1150. The second-order valence-corrected chi connectivity index (χ2v) is 9.16. The molecule has 0 bridgehead atoms. The molecule has 1 atom stereocenters. The molecule has 1 N–H and O–H groups in total. The van der Waals surface area contributed by atoms with E-state index in [0.29, 0.717) is 12.6 Å². The lowest BCUT2D eigenvalue weighted by Crippen LogP contribution is -2.34.